The van der Waals surface area contributed by atoms with E-state index in [-0.39, 0.29) is 11.9 Å². The smallest absolute Gasteiger partial charge is 0.162 e. The van der Waals surface area contributed by atoms with Crippen molar-refractivity contribution in [1.82, 2.24) is 0 Å². The monoisotopic (exact) mass is 230 g/mol. The van der Waals surface area contributed by atoms with Gasteiger partial charge in [-0.1, -0.05) is 38.1 Å². The van der Waals surface area contributed by atoms with Gasteiger partial charge in [0.15, 0.2) is 5.78 Å². The molecule has 0 aliphatic carbocycles. The molecule has 1 aliphatic heterocycles. The van der Waals surface area contributed by atoms with E-state index < -0.39 is 0 Å². The number of ether oxygens (including phenoxy) is 1. The van der Waals surface area contributed by atoms with Crippen molar-refractivity contribution in [2.45, 2.75) is 32.8 Å². The van der Waals surface area contributed by atoms with Crippen LogP contribution >= 0.6 is 0 Å². The summed E-state index contributed by atoms with van der Waals surface area (Å²) in [4.78, 5) is 11.3. The summed E-state index contributed by atoms with van der Waals surface area (Å²) in [5, 5.41) is 0. The molecule has 1 aromatic carbocycles. The second-order valence-electron chi connectivity index (χ2n) is 4.94. The minimum Gasteiger partial charge on any atom is -0.493 e. The predicted molar refractivity (Wildman–Crippen MR) is 67.6 cm³/mol. The van der Waals surface area contributed by atoms with Gasteiger partial charge in [-0.3, -0.25) is 4.79 Å². The number of allylic oxidation sites excluding steroid dienone is 1. The fraction of sp³-hybridized carbons (Fsp3) is 0.400. The SMILES string of the molecule is CC(C)Cc1ccc(C2CC(=O)C=CO2)cc1. The molecule has 0 fully saturated rings. The van der Waals surface area contributed by atoms with Crippen LogP contribution in [0.2, 0.25) is 0 Å². The lowest BCUT2D eigenvalue weighted by Crippen LogP contribution is -2.11. The number of benzene rings is 1. The molecule has 0 saturated heterocycles. The maximum absolute atomic E-state index is 11.3. The van der Waals surface area contributed by atoms with E-state index in [2.05, 4.69) is 38.1 Å². The highest BCUT2D eigenvalue weighted by Gasteiger charge is 2.18. The topological polar surface area (TPSA) is 26.3 Å². The largest absolute Gasteiger partial charge is 0.493 e. The van der Waals surface area contributed by atoms with Crippen LogP contribution in [0, 0.1) is 5.92 Å². The van der Waals surface area contributed by atoms with E-state index in [1.807, 2.05) is 0 Å². The minimum absolute atomic E-state index is 0.111. The molecule has 0 spiro atoms. The summed E-state index contributed by atoms with van der Waals surface area (Å²) < 4.78 is 5.45. The Labute approximate surface area is 102 Å². The molecule has 0 aromatic heterocycles. The van der Waals surface area contributed by atoms with E-state index in [0.29, 0.717) is 12.3 Å². The summed E-state index contributed by atoms with van der Waals surface area (Å²) in [6.45, 7) is 4.42. The Morgan fingerprint density at radius 2 is 2.00 bits per heavy atom. The number of carbonyl (C=O) groups is 1. The first-order valence-corrected chi connectivity index (χ1v) is 6.09. The Balaban J connectivity index is 2.07. The number of ketones is 1. The van der Waals surface area contributed by atoms with Crippen molar-refractivity contribution in [2.75, 3.05) is 0 Å². The van der Waals surface area contributed by atoms with Gasteiger partial charge in [-0.2, -0.15) is 0 Å². The molecule has 2 rings (SSSR count). The average molecular weight is 230 g/mol. The Morgan fingerprint density at radius 1 is 1.29 bits per heavy atom. The Kier molecular flexibility index (Phi) is 3.62. The van der Waals surface area contributed by atoms with Crippen LogP contribution in [-0.4, -0.2) is 5.78 Å². The minimum atomic E-state index is -0.111. The van der Waals surface area contributed by atoms with Gasteiger partial charge in [0.05, 0.1) is 12.7 Å². The summed E-state index contributed by atoms with van der Waals surface area (Å²) >= 11 is 0. The maximum Gasteiger partial charge on any atom is 0.162 e. The molecular formula is C15H18O2. The molecule has 1 heterocycles. The highest BCUT2D eigenvalue weighted by Crippen LogP contribution is 2.25. The van der Waals surface area contributed by atoms with Gasteiger partial charge >= 0.3 is 0 Å². The van der Waals surface area contributed by atoms with Crippen LogP contribution in [0.25, 0.3) is 0 Å². The molecule has 1 unspecified atom stereocenters. The number of rotatable bonds is 3. The van der Waals surface area contributed by atoms with Crippen LogP contribution in [0.3, 0.4) is 0 Å². The van der Waals surface area contributed by atoms with Crippen molar-refractivity contribution in [3.63, 3.8) is 0 Å². The Hall–Kier alpha value is -1.57. The van der Waals surface area contributed by atoms with Gasteiger partial charge in [-0.15, -0.1) is 0 Å². The fourth-order valence-electron chi connectivity index (χ4n) is 2.05. The molecule has 17 heavy (non-hydrogen) atoms. The van der Waals surface area contributed by atoms with Crippen LogP contribution in [0.5, 0.6) is 0 Å². The van der Waals surface area contributed by atoms with E-state index in [1.165, 1.54) is 17.9 Å². The summed E-state index contributed by atoms with van der Waals surface area (Å²) in [7, 11) is 0. The van der Waals surface area contributed by atoms with Gasteiger partial charge in [0, 0.05) is 6.08 Å². The van der Waals surface area contributed by atoms with Crippen molar-refractivity contribution in [3.8, 4) is 0 Å². The second-order valence-corrected chi connectivity index (χ2v) is 4.94. The number of hydrogen-bond acceptors (Lipinski definition) is 2. The molecule has 1 aliphatic rings. The normalized spacial score (nSPS) is 19.5. The van der Waals surface area contributed by atoms with Gasteiger partial charge in [0.25, 0.3) is 0 Å². The summed E-state index contributed by atoms with van der Waals surface area (Å²) in [5.41, 5.74) is 2.41. The lowest BCUT2D eigenvalue weighted by Gasteiger charge is -2.19. The van der Waals surface area contributed by atoms with Crippen molar-refractivity contribution in [2.24, 2.45) is 5.92 Å². The van der Waals surface area contributed by atoms with Crippen LogP contribution in [0.1, 0.15) is 37.5 Å². The van der Waals surface area contributed by atoms with Gasteiger partial charge in [-0.25, -0.2) is 0 Å². The molecule has 0 bridgehead atoms. The first kappa shape index (κ1) is 11.9. The van der Waals surface area contributed by atoms with E-state index in [9.17, 15) is 4.79 Å². The van der Waals surface area contributed by atoms with E-state index in [0.717, 1.165) is 12.0 Å². The fourth-order valence-corrected chi connectivity index (χ4v) is 2.05. The van der Waals surface area contributed by atoms with Crippen molar-refractivity contribution in [1.29, 1.82) is 0 Å². The van der Waals surface area contributed by atoms with Crippen LogP contribution in [0.15, 0.2) is 36.6 Å². The van der Waals surface area contributed by atoms with E-state index >= 15 is 0 Å². The van der Waals surface area contributed by atoms with Crippen LogP contribution in [-0.2, 0) is 16.0 Å². The van der Waals surface area contributed by atoms with Gasteiger partial charge in [0.1, 0.15) is 6.10 Å². The van der Waals surface area contributed by atoms with Gasteiger partial charge in [-0.05, 0) is 23.5 Å². The molecule has 2 heteroatoms. The molecule has 2 nitrogen and oxygen atoms in total. The molecule has 1 atom stereocenters. The molecule has 1 aromatic rings. The quantitative estimate of drug-likeness (QED) is 0.795. The van der Waals surface area contributed by atoms with Crippen LogP contribution < -0.4 is 0 Å². The predicted octanol–water partition coefficient (Wildman–Crippen LogP) is 3.43. The zero-order chi connectivity index (χ0) is 12.3. The molecule has 90 valence electrons. The lowest BCUT2D eigenvalue weighted by atomic mass is 9.98. The van der Waals surface area contributed by atoms with Gasteiger partial charge in [0.2, 0.25) is 0 Å². The van der Waals surface area contributed by atoms with E-state index in [1.54, 1.807) is 0 Å². The Bertz CT molecular complexity index is 415. The lowest BCUT2D eigenvalue weighted by molar-refractivity contribution is -0.118. The van der Waals surface area contributed by atoms with Crippen LogP contribution in [0.4, 0.5) is 0 Å². The van der Waals surface area contributed by atoms with Gasteiger partial charge < -0.3 is 4.74 Å². The third-order valence-electron chi connectivity index (χ3n) is 2.88. The van der Waals surface area contributed by atoms with Crippen molar-refractivity contribution < 1.29 is 9.53 Å². The highest BCUT2D eigenvalue weighted by molar-refractivity contribution is 5.90. The molecule has 0 radical (unpaired) electrons. The first-order valence-electron chi connectivity index (χ1n) is 6.09. The highest BCUT2D eigenvalue weighted by atomic mass is 16.5. The second kappa shape index (κ2) is 5.17. The molecular weight excluding hydrogens is 212 g/mol. The first-order chi connectivity index (χ1) is 8.15. The van der Waals surface area contributed by atoms with E-state index in [4.69, 9.17) is 4.74 Å². The molecule has 0 N–H and O–H groups in total. The number of carbonyl (C=O) groups excluding carboxylic acids is 1. The third-order valence-corrected chi connectivity index (χ3v) is 2.88. The standard InChI is InChI=1S/C15H18O2/c1-11(2)9-12-3-5-13(6-4-12)15-10-14(16)7-8-17-15/h3-8,11,15H,9-10H2,1-2H3. The zero-order valence-corrected chi connectivity index (χ0v) is 10.3. The molecule has 0 amide bonds. The summed E-state index contributed by atoms with van der Waals surface area (Å²) in [6.07, 6.45) is 4.41. The Morgan fingerprint density at radius 3 is 2.59 bits per heavy atom. The molecule has 0 saturated carbocycles. The van der Waals surface area contributed by atoms with Crippen molar-refractivity contribution >= 4 is 5.78 Å². The third kappa shape index (κ3) is 3.19. The zero-order valence-electron chi connectivity index (χ0n) is 10.3. The summed E-state index contributed by atoms with van der Waals surface area (Å²) in [5.74, 6) is 0.795. The average Bonchev–Trinajstić information content (AvgIpc) is 2.29. The van der Waals surface area contributed by atoms with Crippen molar-refractivity contribution in [3.05, 3.63) is 47.7 Å². The summed E-state index contributed by atoms with van der Waals surface area (Å²) in [6, 6.07) is 8.38. The maximum atomic E-state index is 11.3. The number of hydrogen-bond donors (Lipinski definition) is 0.